The second-order valence-corrected chi connectivity index (χ2v) is 6.48. The van der Waals surface area contributed by atoms with Crippen LogP contribution in [0.2, 0.25) is 0 Å². The molecule has 1 N–H and O–H groups in total. The predicted octanol–water partition coefficient (Wildman–Crippen LogP) is 2.72. The van der Waals surface area contributed by atoms with E-state index in [1.165, 1.54) is 4.68 Å². The van der Waals surface area contributed by atoms with Crippen LogP contribution in [0.15, 0.2) is 30.5 Å². The fourth-order valence-corrected chi connectivity index (χ4v) is 3.35. The standard InChI is InChI=1S/C17H17F2N3O2/c18-17(19)8-15(17)22-7-4-12(20-22)10-21-6-5-13-11(9-21)2-1-3-14(13)16(23)24/h1-4,7,15H,5-6,8-10H2,(H,23,24). The Bertz CT molecular complexity index is 803. The van der Waals surface area contributed by atoms with Gasteiger partial charge in [-0.05, 0) is 29.7 Å². The molecule has 1 aliphatic heterocycles. The van der Waals surface area contributed by atoms with Gasteiger partial charge in [0.15, 0.2) is 0 Å². The lowest BCUT2D eigenvalue weighted by Gasteiger charge is -2.28. The number of halogens is 2. The van der Waals surface area contributed by atoms with Gasteiger partial charge in [-0.2, -0.15) is 5.10 Å². The largest absolute Gasteiger partial charge is 0.478 e. The highest BCUT2D eigenvalue weighted by atomic mass is 19.3. The summed E-state index contributed by atoms with van der Waals surface area (Å²) in [5, 5.41) is 13.5. The van der Waals surface area contributed by atoms with Crippen LogP contribution in [0.1, 0.15) is 39.6 Å². The second-order valence-electron chi connectivity index (χ2n) is 6.48. The zero-order chi connectivity index (χ0) is 16.9. The van der Waals surface area contributed by atoms with Crippen molar-refractivity contribution in [3.63, 3.8) is 0 Å². The van der Waals surface area contributed by atoms with Crippen LogP contribution in [0.5, 0.6) is 0 Å². The molecular formula is C17H17F2N3O2. The molecule has 1 aromatic heterocycles. The number of hydrogen-bond acceptors (Lipinski definition) is 3. The van der Waals surface area contributed by atoms with E-state index in [4.69, 9.17) is 0 Å². The van der Waals surface area contributed by atoms with Crippen molar-refractivity contribution in [2.24, 2.45) is 0 Å². The maximum Gasteiger partial charge on any atom is 0.335 e. The number of carbonyl (C=O) groups is 1. The molecule has 126 valence electrons. The first-order valence-electron chi connectivity index (χ1n) is 7.92. The van der Waals surface area contributed by atoms with Crippen molar-refractivity contribution in [1.82, 2.24) is 14.7 Å². The molecule has 2 heterocycles. The molecule has 2 aromatic rings. The highest BCUT2D eigenvalue weighted by molar-refractivity contribution is 5.89. The highest BCUT2D eigenvalue weighted by Crippen LogP contribution is 2.52. The van der Waals surface area contributed by atoms with Gasteiger partial charge in [-0.3, -0.25) is 9.58 Å². The lowest BCUT2D eigenvalue weighted by atomic mass is 9.94. The summed E-state index contributed by atoms with van der Waals surface area (Å²) in [7, 11) is 0. The van der Waals surface area contributed by atoms with E-state index in [2.05, 4.69) is 10.00 Å². The van der Waals surface area contributed by atoms with Crippen LogP contribution in [0, 0.1) is 0 Å². The van der Waals surface area contributed by atoms with Gasteiger partial charge < -0.3 is 5.11 Å². The number of rotatable bonds is 4. The van der Waals surface area contributed by atoms with Crippen molar-refractivity contribution in [2.45, 2.75) is 37.9 Å². The van der Waals surface area contributed by atoms with Crippen LogP contribution in [0.25, 0.3) is 0 Å². The van der Waals surface area contributed by atoms with Crippen LogP contribution in [0.3, 0.4) is 0 Å². The van der Waals surface area contributed by atoms with E-state index >= 15 is 0 Å². The average Bonchev–Trinajstić information content (AvgIpc) is 2.96. The molecule has 1 aliphatic carbocycles. The third-order valence-electron chi connectivity index (χ3n) is 4.74. The summed E-state index contributed by atoms with van der Waals surface area (Å²) in [6, 6.07) is 6.31. The van der Waals surface area contributed by atoms with Crippen molar-refractivity contribution in [2.75, 3.05) is 6.54 Å². The second kappa shape index (κ2) is 5.37. The molecule has 0 bridgehead atoms. The van der Waals surface area contributed by atoms with Crippen molar-refractivity contribution in [3.05, 3.63) is 52.8 Å². The van der Waals surface area contributed by atoms with Crippen LogP contribution >= 0.6 is 0 Å². The van der Waals surface area contributed by atoms with Gasteiger partial charge in [0, 0.05) is 32.3 Å². The maximum absolute atomic E-state index is 13.1. The number of nitrogens with zero attached hydrogens (tertiary/aromatic N) is 3. The summed E-state index contributed by atoms with van der Waals surface area (Å²) >= 11 is 0. The fourth-order valence-electron chi connectivity index (χ4n) is 3.35. The molecule has 1 atom stereocenters. The van der Waals surface area contributed by atoms with E-state index in [0.29, 0.717) is 25.1 Å². The molecule has 7 heteroatoms. The molecule has 1 saturated carbocycles. The molecule has 1 fully saturated rings. The van der Waals surface area contributed by atoms with Crippen molar-refractivity contribution in [3.8, 4) is 0 Å². The molecule has 2 aliphatic rings. The first kappa shape index (κ1) is 15.3. The topological polar surface area (TPSA) is 58.4 Å². The first-order chi connectivity index (χ1) is 11.4. The maximum atomic E-state index is 13.1. The summed E-state index contributed by atoms with van der Waals surface area (Å²) in [6.07, 6.45) is 2.14. The van der Waals surface area contributed by atoms with E-state index < -0.39 is 17.9 Å². The highest BCUT2D eigenvalue weighted by Gasteiger charge is 2.59. The van der Waals surface area contributed by atoms with Gasteiger partial charge in [0.2, 0.25) is 0 Å². The molecule has 24 heavy (non-hydrogen) atoms. The Balaban J connectivity index is 1.46. The average molecular weight is 333 g/mol. The number of carboxylic acids is 1. The van der Waals surface area contributed by atoms with Gasteiger partial charge in [-0.25, -0.2) is 13.6 Å². The van der Waals surface area contributed by atoms with Gasteiger partial charge in [0.1, 0.15) is 6.04 Å². The Kier molecular flexibility index (Phi) is 3.42. The van der Waals surface area contributed by atoms with Crippen molar-refractivity contribution >= 4 is 5.97 Å². The number of alkyl halides is 2. The van der Waals surface area contributed by atoms with Crippen LogP contribution < -0.4 is 0 Å². The van der Waals surface area contributed by atoms with E-state index in [9.17, 15) is 18.7 Å². The molecule has 0 radical (unpaired) electrons. The van der Waals surface area contributed by atoms with Crippen molar-refractivity contribution < 1.29 is 18.7 Å². The molecule has 5 nitrogen and oxygen atoms in total. The minimum Gasteiger partial charge on any atom is -0.478 e. The zero-order valence-corrected chi connectivity index (χ0v) is 13.0. The Morgan fingerprint density at radius 3 is 2.88 bits per heavy atom. The molecule has 0 saturated heterocycles. The lowest BCUT2D eigenvalue weighted by molar-refractivity contribution is 0.0694. The molecule has 1 aromatic carbocycles. The van der Waals surface area contributed by atoms with E-state index in [1.54, 1.807) is 24.4 Å². The number of aromatic carboxylic acids is 1. The predicted molar refractivity (Wildman–Crippen MR) is 82.0 cm³/mol. The van der Waals surface area contributed by atoms with Gasteiger partial charge >= 0.3 is 5.97 Å². The molecule has 1 unspecified atom stereocenters. The normalized spacial score (nSPS) is 22.2. The minimum atomic E-state index is -2.62. The summed E-state index contributed by atoms with van der Waals surface area (Å²) in [5.41, 5.74) is 3.03. The molecule has 4 rings (SSSR count). The van der Waals surface area contributed by atoms with Crippen molar-refractivity contribution in [1.29, 1.82) is 0 Å². The van der Waals surface area contributed by atoms with E-state index in [0.717, 1.165) is 23.4 Å². The quantitative estimate of drug-likeness (QED) is 0.935. The fraction of sp³-hybridized carbons (Fsp3) is 0.412. The van der Waals surface area contributed by atoms with E-state index in [1.807, 2.05) is 6.07 Å². The van der Waals surface area contributed by atoms with Gasteiger partial charge in [-0.15, -0.1) is 0 Å². The minimum absolute atomic E-state index is 0.136. The Morgan fingerprint density at radius 1 is 1.38 bits per heavy atom. The summed E-state index contributed by atoms with van der Waals surface area (Å²) in [4.78, 5) is 13.4. The number of aromatic nitrogens is 2. The van der Waals surface area contributed by atoms with Crippen LogP contribution in [-0.4, -0.2) is 38.2 Å². The van der Waals surface area contributed by atoms with Crippen LogP contribution in [-0.2, 0) is 19.5 Å². The summed E-state index contributed by atoms with van der Waals surface area (Å²) < 4.78 is 27.6. The van der Waals surface area contributed by atoms with Gasteiger partial charge in [0.05, 0.1) is 11.3 Å². The van der Waals surface area contributed by atoms with Gasteiger partial charge in [-0.1, -0.05) is 12.1 Å². The van der Waals surface area contributed by atoms with Crippen LogP contribution in [0.4, 0.5) is 8.78 Å². The zero-order valence-electron chi connectivity index (χ0n) is 13.0. The van der Waals surface area contributed by atoms with Gasteiger partial charge in [0.25, 0.3) is 5.92 Å². The third-order valence-corrected chi connectivity index (χ3v) is 4.74. The summed E-state index contributed by atoms with van der Waals surface area (Å²) in [6.45, 7) is 1.94. The van der Waals surface area contributed by atoms with E-state index in [-0.39, 0.29) is 6.42 Å². The SMILES string of the molecule is O=C(O)c1cccc2c1CCN(Cc1ccn(C3CC3(F)F)n1)C2. The Morgan fingerprint density at radius 2 is 2.17 bits per heavy atom. The number of hydrogen-bond donors (Lipinski definition) is 1. The lowest BCUT2D eigenvalue weighted by Crippen LogP contribution is -2.31. The Hall–Kier alpha value is -2.28. The third kappa shape index (κ3) is 2.69. The first-order valence-corrected chi connectivity index (χ1v) is 7.92. The molecule has 0 amide bonds. The number of carboxylic acid groups (broad SMARTS) is 1. The Labute approximate surface area is 137 Å². The molecular weight excluding hydrogens is 316 g/mol. The number of benzene rings is 1. The smallest absolute Gasteiger partial charge is 0.335 e. The monoisotopic (exact) mass is 333 g/mol. The summed E-state index contributed by atoms with van der Waals surface area (Å²) in [5.74, 6) is -3.52. The number of fused-ring (bicyclic) bond motifs is 1. The molecule has 0 spiro atoms.